The van der Waals surface area contributed by atoms with E-state index in [0.717, 1.165) is 24.6 Å². The Hall–Kier alpha value is -1.64. The predicted octanol–water partition coefficient (Wildman–Crippen LogP) is 5.02. The van der Waals surface area contributed by atoms with Gasteiger partial charge in [0.25, 0.3) is 5.56 Å². The first-order valence-corrected chi connectivity index (χ1v) is 8.35. The van der Waals surface area contributed by atoms with E-state index in [4.69, 9.17) is 0 Å². The summed E-state index contributed by atoms with van der Waals surface area (Å²) in [6, 6.07) is 7.42. The summed E-state index contributed by atoms with van der Waals surface area (Å²) >= 11 is 0. The second-order valence-corrected chi connectivity index (χ2v) is 6.91. The Kier molecular flexibility index (Phi) is 4.07. The molecule has 2 nitrogen and oxygen atoms in total. The maximum atomic E-state index is 15.2. The summed E-state index contributed by atoms with van der Waals surface area (Å²) in [4.78, 5) is 12.9. The van der Waals surface area contributed by atoms with Crippen LogP contribution in [0, 0.1) is 11.9 Å². The van der Waals surface area contributed by atoms with Gasteiger partial charge in [0.05, 0.1) is 0 Å². The molecule has 0 aliphatic heterocycles. The maximum absolute atomic E-state index is 15.2. The highest BCUT2D eigenvalue weighted by Crippen LogP contribution is 2.35. The van der Waals surface area contributed by atoms with Crippen LogP contribution >= 0.6 is 0 Å². The van der Waals surface area contributed by atoms with Crippen molar-refractivity contribution in [2.45, 2.75) is 58.4 Å². The van der Waals surface area contributed by atoms with Gasteiger partial charge in [0.2, 0.25) is 5.95 Å². The molecule has 0 N–H and O–H groups in total. The van der Waals surface area contributed by atoms with E-state index in [1.54, 1.807) is 0 Å². The van der Waals surface area contributed by atoms with E-state index < -0.39 is 0 Å². The largest absolute Gasteiger partial charge is 0.281 e. The molecule has 0 amide bonds. The van der Waals surface area contributed by atoms with Gasteiger partial charge in [-0.3, -0.25) is 9.36 Å². The number of rotatable bonds is 2. The van der Waals surface area contributed by atoms with Crippen molar-refractivity contribution in [1.82, 2.24) is 4.57 Å². The van der Waals surface area contributed by atoms with Crippen LogP contribution < -0.4 is 5.56 Å². The van der Waals surface area contributed by atoms with Gasteiger partial charge in [0.1, 0.15) is 0 Å². The number of hydrogen-bond donors (Lipinski definition) is 0. The molecule has 1 fully saturated rings. The van der Waals surface area contributed by atoms with E-state index in [-0.39, 0.29) is 23.5 Å². The fraction of sp³-hybridized carbons (Fsp3) is 0.526. The molecule has 3 heteroatoms. The Morgan fingerprint density at radius 3 is 2.41 bits per heavy atom. The Morgan fingerprint density at radius 1 is 1.14 bits per heavy atom. The van der Waals surface area contributed by atoms with E-state index in [0.29, 0.717) is 16.9 Å². The average molecular weight is 301 g/mol. The molecule has 0 bridgehead atoms. The van der Waals surface area contributed by atoms with Crippen LogP contribution in [-0.4, -0.2) is 4.57 Å². The van der Waals surface area contributed by atoms with Crippen LogP contribution in [0.15, 0.2) is 29.1 Å². The minimum absolute atomic E-state index is 0.0108. The van der Waals surface area contributed by atoms with Crippen molar-refractivity contribution < 1.29 is 4.39 Å². The summed E-state index contributed by atoms with van der Waals surface area (Å²) in [7, 11) is 0. The first-order chi connectivity index (χ1) is 10.5. The second-order valence-electron chi connectivity index (χ2n) is 6.91. The summed E-state index contributed by atoms with van der Waals surface area (Å²) in [5.41, 5.74) is 0.504. The van der Waals surface area contributed by atoms with Gasteiger partial charge in [-0.05, 0) is 36.1 Å². The minimum atomic E-state index is -0.322. The zero-order valence-corrected chi connectivity index (χ0v) is 13.6. The molecular formula is C19H24FNO. The zero-order chi connectivity index (χ0) is 15.9. The third kappa shape index (κ3) is 2.37. The van der Waals surface area contributed by atoms with Gasteiger partial charge in [-0.15, -0.1) is 0 Å². The van der Waals surface area contributed by atoms with E-state index >= 15 is 4.39 Å². The first-order valence-electron chi connectivity index (χ1n) is 8.35. The molecule has 1 aromatic heterocycles. The lowest BCUT2D eigenvalue weighted by Crippen LogP contribution is -2.34. The van der Waals surface area contributed by atoms with Crippen LogP contribution in [0.5, 0.6) is 0 Å². The molecule has 0 unspecified atom stereocenters. The molecule has 0 saturated heterocycles. The fourth-order valence-electron chi connectivity index (χ4n) is 3.89. The predicted molar refractivity (Wildman–Crippen MR) is 88.9 cm³/mol. The summed E-state index contributed by atoms with van der Waals surface area (Å²) in [6.07, 6.45) is 4.22. The Bertz CT molecular complexity index is 747. The normalized spacial score (nSPS) is 22.4. The number of benzene rings is 1. The highest BCUT2D eigenvalue weighted by molar-refractivity contribution is 5.85. The van der Waals surface area contributed by atoms with Gasteiger partial charge in [0, 0.05) is 17.0 Å². The molecule has 2 atom stereocenters. The van der Waals surface area contributed by atoms with Crippen LogP contribution in [0.25, 0.3) is 10.8 Å². The fourth-order valence-corrected chi connectivity index (χ4v) is 3.89. The Morgan fingerprint density at radius 2 is 1.77 bits per heavy atom. The van der Waals surface area contributed by atoms with Crippen molar-refractivity contribution in [2.24, 2.45) is 5.92 Å². The number of halogens is 1. The van der Waals surface area contributed by atoms with Gasteiger partial charge in [0.15, 0.2) is 0 Å². The molecule has 0 radical (unpaired) electrons. The van der Waals surface area contributed by atoms with E-state index in [2.05, 4.69) is 6.92 Å². The monoisotopic (exact) mass is 301 g/mol. The molecular weight excluding hydrogens is 277 g/mol. The van der Waals surface area contributed by atoms with E-state index in [1.165, 1.54) is 11.0 Å². The van der Waals surface area contributed by atoms with Crippen LogP contribution in [0.3, 0.4) is 0 Å². The van der Waals surface area contributed by atoms with Crippen LogP contribution in [-0.2, 0) is 0 Å². The lowest BCUT2D eigenvalue weighted by Gasteiger charge is -2.32. The molecule has 0 spiro atoms. The average Bonchev–Trinajstić information content (AvgIpc) is 2.49. The zero-order valence-electron chi connectivity index (χ0n) is 13.6. The van der Waals surface area contributed by atoms with Crippen LogP contribution in [0.4, 0.5) is 4.39 Å². The van der Waals surface area contributed by atoms with Crippen molar-refractivity contribution in [3.63, 3.8) is 0 Å². The Labute approximate surface area is 131 Å². The number of hydrogen-bond acceptors (Lipinski definition) is 1. The van der Waals surface area contributed by atoms with Gasteiger partial charge < -0.3 is 0 Å². The smallest absolute Gasteiger partial charge is 0.260 e. The number of fused-ring (bicyclic) bond motifs is 1. The molecule has 1 heterocycles. The lowest BCUT2D eigenvalue weighted by molar-refractivity contribution is 0.229. The highest BCUT2D eigenvalue weighted by Gasteiger charge is 2.28. The van der Waals surface area contributed by atoms with Gasteiger partial charge >= 0.3 is 0 Å². The summed E-state index contributed by atoms with van der Waals surface area (Å²) in [5.74, 6) is 0.0789. The second kappa shape index (κ2) is 5.86. The molecule has 3 rings (SSSR count). The standard InChI is InChI=1S/C19H24FNO/c1-12(2)17-14-9-5-6-10-15(14)19(22)21(18(17)20)16-11-7-4-8-13(16)3/h5-6,9-10,12-13,16H,4,7-8,11H2,1-3H3/t13-,16+/m1/s1. The van der Waals surface area contributed by atoms with Crippen molar-refractivity contribution in [2.75, 3.05) is 0 Å². The van der Waals surface area contributed by atoms with E-state index in [1.807, 2.05) is 38.1 Å². The van der Waals surface area contributed by atoms with Crippen molar-refractivity contribution in [3.8, 4) is 0 Å². The number of aromatic nitrogens is 1. The van der Waals surface area contributed by atoms with Crippen molar-refractivity contribution in [3.05, 3.63) is 46.1 Å². The summed E-state index contributed by atoms with van der Waals surface area (Å²) in [6.45, 7) is 6.12. The van der Waals surface area contributed by atoms with Gasteiger partial charge in [-0.1, -0.05) is 51.8 Å². The first kappa shape index (κ1) is 15.3. The van der Waals surface area contributed by atoms with Gasteiger partial charge in [-0.25, -0.2) is 0 Å². The molecule has 1 saturated carbocycles. The quantitative estimate of drug-likeness (QED) is 0.714. The number of nitrogens with zero attached hydrogens (tertiary/aromatic N) is 1. The lowest BCUT2D eigenvalue weighted by atomic mass is 9.85. The molecule has 2 aromatic rings. The van der Waals surface area contributed by atoms with E-state index in [9.17, 15) is 4.79 Å². The highest BCUT2D eigenvalue weighted by atomic mass is 19.1. The van der Waals surface area contributed by atoms with Crippen molar-refractivity contribution in [1.29, 1.82) is 0 Å². The third-order valence-corrected chi connectivity index (χ3v) is 5.08. The third-order valence-electron chi connectivity index (χ3n) is 5.08. The maximum Gasteiger partial charge on any atom is 0.260 e. The summed E-state index contributed by atoms with van der Waals surface area (Å²) < 4.78 is 16.7. The summed E-state index contributed by atoms with van der Waals surface area (Å²) in [5, 5.41) is 1.41. The minimum Gasteiger partial charge on any atom is -0.281 e. The molecule has 118 valence electrons. The number of pyridine rings is 1. The van der Waals surface area contributed by atoms with Gasteiger partial charge in [-0.2, -0.15) is 4.39 Å². The van der Waals surface area contributed by atoms with Crippen LogP contribution in [0.2, 0.25) is 0 Å². The Balaban J connectivity index is 2.32. The van der Waals surface area contributed by atoms with Crippen LogP contribution in [0.1, 0.15) is 64.0 Å². The molecule has 1 aliphatic rings. The molecule has 1 aliphatic carbocycles. The van der Waals surface area contributed by atoms with Crippen molar-refractivity contribution >= 4 is 10.8 Å². The molecule has 1 aromatic carbocycles. The SMILES string of the molecule is CC(C)c1c(F)n([C@H]2CCCC[C@H]2C)c(=O)c2ccccc12. The topological polar surface area (TPSA) is 22.0 Å². The molecule has 22 heavy (non-hydrogen) atoms.